The molecular weight excluding hydrogens is 362 g/mol. The zero-order chi connectivity index (χ0) is 20.9. The fraction of sp³-hybridized carbons (Fsp3) is 0.818. The van der Waals surface area contributed by atoms with Crippen molar-refractivity contribution in [3.8, 4) is 0 Å². The highest BCUT2D eigenvalue weighted by Crippen LogP contribution is 2.30. The van der Waals surface area contributed by atoms with Gasteiger partial charge in [0, 0.05) is 36.9 Å². The smallest absolute Gasteiger partial charge is 0.191 e. The molecule has 1 aromatic heterocycles. The van der Waals surface area contributed by atoms with Crippen molar-refractivity contribution in [2.45, 2.75) is 65.0 Å². The van der Waals surface area contributed by atoms with Crippen molar-refractivity contribution in [2.24, 2.45) is 12.0 Å². The Labute approximate surface area is 176 Å². The van der Waals surface area contributed by atoms with Crippen LogP contribution < -0.4 is 10.6 Å². The largest absolute Gasteiger partial charge is 0.357 e. The van der Waals surface area contributed by atoms with Gasteiger partial charge in [-0.25, -0.2) is 4.99 Å². The Kier molecular flexibility index (Phi) is 7.57. The van der Waals surface area contributed by atoms with Crippen molar-refractivity contribution < 1.29 is 0 Å². The zero-order valence-corrected chi connectivity index (χ0v) is 19.2. The molecule has 0 saturated carbocycles. The third-order valence-corrected chi connectivity index (χ3v) is 6.93. The molecule has 0 aromatic carbocycles. The Morgan fingerprint density at radius 3 is 2.31 bits per heavy atom. The zero-order valence-electron chi connectivity index (χ0n) is 19.2. The first kappa shape index (κ1) is 22.1. The van der Waals surface area contributed by atoms with Crippen LogP contribution in [-0.4, -0.2) is 77.4 Å². The normalized spacial score (nSPS) is 21.3. The van der Waals surface area contributed by atoms with Gasteiger partial charge in [0.25, 0.3) is 0 Å². The van der Waals surface area contributed by atoms with Crippen molar-refractivity contribution in [3.63, 3.8) is 0 Å². The monoisotopic (exact) mass is 403 g/mol. The molecule has 0 bridgehead atoms. The van der Waals surface area contributed by atoms with Crippen LogP contribution in [0.3, 0.4) is 0 Å². The van der Waals surface area contributed by atoms with E-state index in [0.717, 1.165) is 24.7 Å². The lowest BCUT2D eigenvalue weighted by atomic mass is 9.84. The molecule has 29 heavy (non-hydrogen) atoms. The topological polar surface area (TPSA) is 60.7 Å². The van der Waals surface area contributed by atoms with Gasteiger partial charge in [-0.3, -0.25) is 9.58 Å². The second-order valence-electron chi connectivity index (χ2n) is 8.90. The number of aliphatic imine (C=N–C) groups is 1. The predicted molar refractivity (Wildman–Crippen MR) is 120 cm³/mol. The van der Waals surface area contributed by atoms with Gasteiger partial charge >= 0.3 is 0 Å². The molecule has 2 aliphatic rings. The maximum atomic E-state index is 4.91. The van der Waals surface area contributed by atoms with E-state index in [2.05, 4.69) is 53.4 Å². The number of nitrogens with one attached hydrogen (secondary N) is 2. The van der Waals surface area contributed by atoms with Gasteiger partial charge in [0.15, 0.2) is 5.96 Å². The van der Waals surface area contributed by atoms with E-state index in [1.807, 2.05) is 11.7 Å². The number of hydrogen-bond donors (Lipinski definition) is 2. The molecule has 164 valence electrons. The van der Waals surface area contributed by atoms with Gasteiger partial charge in [-0.2, -0.15) is 5.10 Å². The van der Waals surface area contributed by atoms with Gasteiger partial charge in [-0.15, -0.1) is 0 Å². The Hall–Kier alpha value is -1.60. The van der Waals surface area contributed by atoms with Crippen molar-refractivity contribution in [1.82, 2.24) is 30.2 Å². The number of nitrogens with zero attached hydrogens (tertiary/aromatic N) is 5. The van der Waals surface area contributed by atoms with Crippen LogP contribution in [0.15, 0.2) is 4.99 Å². The minimum atomic E-state index is 0.253. The molecular formula is C22H41N7. The molecule has 0 unspecified atom stereocenters. The summed E-state index contributed by atoms with van der Waals surface area (Å²) in [4.78, 5) is 10.1. The Bertz CT molecular complexity index is 680. The van der Waals surface area contributed by atoms with Crippen LogP contribution in [0.25, 0.3) is 0 Å². The minimum absolute atomic E-state index is 0.253. The van der Waals surface area contributed by atoms with Gasteiger partial charge in [-0.1, -0.05) is 6.42 Å². The summed E-state index contributed by atoms with van der Waals surface area (Å²) < 4.78 is 1.95. The summed E-state index contributed by atoms with van der Waals surface area (Å²) in [7, 11) is 4.25. The molecule has 0 amide bonds. The van der Waals surface area contributed by atoms with Crippen LogP contribution in [0.1, 0.15) is 56.0 Å². The number of aromatic nitrogens is 2. The standard InChI is InChI=1S/C22H41N7/c1-6-23-21(24-16-20-18(2)26-28(5)19(20)3)25-17-22(10-14-27(4)15-11-22)29-12-8-7-9-13-29/h6-17H2,1-5H3,(H2,23,24,25). The van der Waals surface area contributed by atoms with Gasteiger partial charge in [0.1, 0.15) is 0 Å². The van der Waals surface area contributed by atoms with Gasteiger partial charge < -0.3 is 15.5 Å². The van der Waals surface area contributed by atoms with Crippen molar-refractivity contribution >= 4 is 5.96 Å². The predicted octanol–water partition coefficient (Wildman–Crippen LogP) is 2.04. The number of aryl methyl sites for hydroxylation is 2. The van der Waals surface area contributed by atoms with E-state index in [-0.39, 0.29) is 5.54 Å². The van der Waals surface area contributed by atoms with Gasteiger partial charge in [0.2, 0.25) is 0 Å². The van der Waals surface area contributed by atoms with Crippen LogP contribution in [0, 0.1) is 13.8 Å². The third-order valence-electron chi connectivity index (χ3n) is 6.93. The average Bonchev–Trinajstić information content (AvgIpc) is 2.97. The molecule has 7 heteroatoms. The Morgan fingerprint density at radius 2 is 1.72 bits per heavy atom. The lowest BCUT2D eigenvalue weighted by molar-refractivity contribution is 0.0173. The summed E-state index contributed by atoms with van der Waals surface area (Å²) >= 11 is 0. The highest BCUT2D eigenvalue weighted by Gasteiger charge is 2.39. The summed E-state index contributed by atoms with van der Waals surface area (Å²) in [5, 5.41) is 11.7. The SMILES string of the molecule is CCNC(=NCc1c(C)nn(C)c1C)NCC1(N2CCCCC2)CCN(C)CC1. The molecule has 0 radical (unpaired) electrons. The molecule has 3 heterocycles. The quantitative estimate of drug-likeness (QED) is 0.562. The van der Waals surface area contributed by atoms with E-state index in [9.17, 15) is 0 Å². The van der Waals surface area contributed by atoms with Crippen LogP contribution in [-0.2, 0) is 13.6 Å². The Morgan fingerprint density at radius 1 is 1.03 bits per heavy atom. The third kappa shape index (κ3) is 5.31. The summed E-state index contributed by atoms with van der Waals surface area (Å²) in [6.45, 7) is 13.7. The van der Waals surface area contributed by atoms with E-state index in [1.165, 1.54) is 69.5 Å². The molecule has 0 atom stereocenters. The lowest BCUT2D eigenvalue weighted by Gasteiger charge is -2.50. The second-order valence-corrected chi connectivity index (χ2v) is 8.90. The second kappa shape index (κ2) is 9.94. The number of likely N-dealkylation sites (tertiary alicyclic amines) is 2. The average molecular weight is 404 g/mol. The molecule has 2 fully saturated rings. The van der Waals surface area contributed by atoms with E-state index >= 15 is 0 Å². The van der Waals surface area contributed by atoms with Crippen molar-refractivity contribution in [1.29, 1.82) is 0 Å². The summed E-state index contributed by atoms with van der Waals surface area (Å²) in [6, 6.07) is 0. The van der Waals surface area contributed by atoms with Crippen molar-refractivity contribution in [2.75, 3.05) is 46.3 Å². The fourth-order valence-electron chi connectivity index (χ4n) is 4.80. The lowest BCUT2D eigenvalue weighted by Crippen LogP contribution is -2.62. The summed E-state index contributed by atoms with van der Waals surface area (Å²) in [5.41, 5.74) is 3.75. The maximum absolute atomic E-state index is 4.91. The number of guanidine groups is 1. The molecule has 3 rings (SSSR count). The number of rotatable bonds is 6. The number of hydrogen-bond acceptors (Lipinski definition) is 4. The summed E-state index contributed by atoms with van der Waals surface area (Å²) in [6.07, 6.45) is 6.53. The summed E-state index contributed by atoms with van der Waals surface area (Å²) in [5.74, 6) is 0.922. The van der Waals surface area contributed by atoms with Gasteiger partial charge in [-0.05, 0) is 79.7 Å². The van der Waals surface area contributed by atoms with E-state index in [1.54, 1.807) is 0 Å². The molecule has 2 saturated heterocycles. The first-order valence-electron chi connectivity index (χ1n) is 11.4. The number of piperidine rings is 2. The van der Waals surface area contributed by atoms with Crippen LogP contribution >= 0.6 is 0 Å². The molecule has 1 aromatic rings. The first-order valence-corrected chi connectivity index (χ1v) is 11.4. The molecule has 2 N–H and O–H groups in total. The van der Waals surface area contributed by atoms with Crippen molar-refractivity contribution in [3.05, 3.63) is 17.0 Å². The Balaban J connectivity index is 1.70. The van der Waals surface area contributed by atoms with Crippen LogP contribution in [0.2, 0.25) is 0 Å². The molecule has 0 spiro atoms. The maximum Gasteiger partial charge on any atom is 0.191 e. The molecule has 2 aliphatic heterocycles. The fourth-order valence-corrected chi connectivity index (χ4v) is 4.80. The van der Waals surface area contributed by atoms with Crippen LogP contribution in [0.5, 0.6) is 0 Å². The van der Waals surface area contributed by atoms with E-state index in [0.29, 0.717) is 6.54 Å². The minimum Gasteiger partial charge on any atom is -0.357 e. The molecule has 0 aliphatic carbocycles. The highest BCUT2D eigenvalue weighted by atomic mass is 15.3. The highest BCUT2D eigenvalue weighted by molar-refractivity contribution is 5.79. The first-order chi connectivity index (χ1) is 13.9. The van der Waals surface area contributed by atoms with E-state index < -0.39 is 0 Å². The van der Waals surface area contributed by atoms with Crippen LogP contribution in [0.4, 0.5) is 0 Å². The van der Waals surface area contributed by atoms with Gasteiger partial charge in [0.05, 0.1) is 12.2 Å². The molecule has 7 nitrogen and oxygen atoms in total. The van der Waals surface area contributed by atoms with E-state index in [4.69, 9.17) is 4.99 Å².